The molecule has 0 fully saturated rings. The van der Waals surface area contributed by atoms with Crippen LogP contribution in [0.3, 0.4) is 0 Å². The van der Waals surface area contributed by atoms with Gasteiger partial charge in [0.1, 0.15) is 12.4 Å². The number of ether oxygens (including phenoxy) is 1. The molecule has 0 aliphatic carbocycles. The summed E-state index contributed by atoms with van der Waals surface area (Å²) >= 11 is 0. The van der Waals surface area contributed by atoms with Gasteiger partial charge < -0.3 is 9.64 Å². The second-order valence-corrected chi connectivity index (χ2v) is 5.70. The number of hydrogen-bond acceptors (Lipinski definition) is 4. The van der Waals surface area contributed by atoms with Crippen LogP contribution in [0.5, 0.6) is 5.75 Å². The quantitative estimate of drug-likeness (QED) is 0.482. The molecular formula is C20H24N2O3. The summed E-state index contributed by atoms with van der Waals surface area (Å²) in [5.74, 6) is 0.494. The Kier molecular flexibility index (Phi) is 7.01. The molecule has 0 saturated heterocycles. The van der Waals surface area contributed by atoms with Gasteiger partial charge in [0, 0.05) is 13.1 Å². The normalized spacial score (nSPS) is 10.8. The molecule has 0 aliphatic heterocycles. The maximum absolute atomic E-state index is 11.4. The van der Waals surface area contributed by atoms with E-state index in [2.05, 4.69) is 18.7 Å². The van der Waals surface area contributed by atoms with Crippen molar-refractivity contribution in [3.8, 4) is 5.75 Å². The first kappa shape index (κ1) is 18.5. The molecule has 2 aromatic rings. The zero-order valence-corrected chi connectivity index (χ0v) is 14.7. The van der Waals surface area contributed by atoms with Crippen molar-refractivity contribution >= 4 is 11.8 Å². The molecule has 0 bridgehead atoms. The molecule has 0 unspecified atom stereocenters. The Morgan fingerprint density at radius 1 is 1.16 bits per heavy atom. The number of rotatable bonds is 9. The molecule has 2 rings (SSSR count). The topological polar surface area (TPSA) is 55.6 Å². The molecular weight excluding hydrogens is 316 g/mol. The second-order valence-electron chi connectivity index (χ2n) is 5.70. The predicted molar refractivity (Wildman–Crippen MR) is 100 cm³/mol. The molecule has 0 atom stereocenters. The van der Waals surface area contributed by atoms with Crippen molar-refractivity contribution in [3.63, 3.8) is 0 Å². The van der Waals surface area contributed by atoms with Gasteiger partial charge in [-0.15, -0.1) is 0 Å². The van der Waals surface area contributed by atoms with E-state index in [9.17, 15) is 10.1 Å². The lowest BCUT2D eigenvalue weighted by Crippen LogP contribution is -2.16. The highest BCUT2D eigenvalue weighted by Crippen LogP contribution is 2.26. The van der Waals surface area contributed by atoms with Crippen LogP contribution >= 0.6 is 0 Å². The first-order chi connectivity index (χ1) is 12.1. The lowest BCUT2D eigenvalue weighted by atomic mass is 10.1. The molecule has 0 saturated carbocycles. The van der Waals surface area contributed by atoms with Gasteiger partial charge in [-0.25, -0.2) is 0 Å². The van der Waals surface area contributed by atoms with E-state index in [4.69, 9.17) is 4.74 Å². The van der Waals surface area contributed by atoms with Gasteiger partial charge in [0.15, 0.2) is 0 Å². The molecule has 0 N–H and O–H groups in total. The van der Waals surface area contributed by atoms with E-state index < -0.39 is 0 Å². The SMILES string of the molecule is CCCN(/C=C/c1ccc(OCc2ccccc2)cc1[N+](=O)[O-])CC. The fraction of sp³-hybridized carbons (Fsp3) is 0.300. The smallest absolute Gasteiger partial charge is 0.280 e. The van der Waals surface area contributed by atoms with Gasteiger partial charge in [-0.1, -0.05) is 37.3 Å². The van der Waals surface area contributed by atoms with Crippen molar-refractivity contribution in [1.82, 2.24) is 4.90 Å². The van der Waals surface area contributed by atoms with Crippen molar-refractivity contribution < 1.29 is 9.66 Å². The standard InChI is InChI=1S/C20H24N2O3/c1-3-13-21(4-2)14-12-18-10-11-19(15-20(18)22(23)24)25-16-17-8-6-5-7-9-17/h5-12,14-15H,3-4,13,16H2,1-2H3/b14-12+. The minimum atomic E-state index is -0.370. The van der Waals surface area contributed by atoms with E-state index >= 15 is 0 Å². The molecule has 25 heavy (non-hydrogen) atoms. The first-order valence-electron chi connectivity index (χ1n) is 8.51. The van der Waals surface area contributed by atoms with Gasteiger partial charge >= 0.3 is 0 Å². The summed E-state index contributed by atoms with van der Waals surface area (Å²) in [5, 5.41) is 11.4. The molecule has 0 aromatic heterocycles. The van der Waals surface area contributed by atoms with Crippen molar-refractivity contribution in [3.05, 3.63) is 76.0 Å². The van der Waals surface area contributed by atoms with Crippen molar-refractivity contribution in [2.75, 3.05) is 13.1 Å². The van der Waals surface area contributed by atoms with Crippen molar-refractivity contribution in [1.29, 1.82) is 0 Å². The van der Waals surface area contributed by atoms with Crippen LogP contribution in [0.15, 0.2) is 54.7 Å². The van der Waals surface area contributed by atoms with Crippen LogP contribution in [0.1, 0.15) is 31.4 Å². The van der Waals surface area contributed by atoms with Crippen LogP contribution in [0.25, 0.3) is 6.08 Å². The Hall–Kier alpha value is -2.82. The second kappa shape index (κ2) is 9.47. The monoisotopic (exact) mass is 340 g/mol. The highest BCUT2D eigenvalue weighted by atomic mass is 16.6. The third-order valence-corrected chi connectivity index (χ3v) is 3.83. The largest absolute Gasteiger partial charge is 0.489 e. The molecule has 132 valence electrons. The maximum atomic E-state index is 11.4. The zero-order valence-electron chi connectivity index (χ0n) is 14.7. The van der Waals surface area contributed by atoms with Crippen LogP contribution < -0.4 is 4.74 Å². The molecule has 0 heterocycles. The van der Waals surface area contributed by atoms with E-state index in [-0.39, 0.29) is 10.6 Å². The van der Waals surface area contributed by atoms with Gasteiger partial charge in [-0.2, -0.15) is 0 Å². The summed E-state index contributed by atoms with van der Waals surface area (Å²) in [4.78, 5) is 13.1. The third kappa shape index (κ3) is 5.64. The number of nitro groups is 1. The summed E-state index contributed by atoms with van der Waals surface area (Å²) in [5.41, 5.74) is 1.65. The number of nitrogens with zero attached hydrogens (tertiary/aromatic N) is 2. The lowest BCUT2D eigenvalue weighted by molar-refractivity contribution is -0.385. The maximum Gasteiger partial charge on any atom is 0.280 e. The molecule has 0 spiro atoms. The van der Waals surface area contributed by atoms with Gasteiger partial charge in [-0.05, 0) is 43.3 Å². The minimum absolute atomic E-state index is 0.0503. The molecule has 2 aromatic carbocycles. The summed E-state index contributed by atoms with van der Waals surface area (Å²) in [6.45, 7) is 6.36. The average Bonchev–Trinajstić information content (AvgIpc) is 2.64. The van der Waals surface area contributed by atoms with Gasteiger partial charge in [0.2, 0.25) is 0 Å². The summed E-state index contributed by atoms with van der Waals surface area (Å²) in [6.07, 6.45) is 4.74. The van der Waals surface area contributed by atoms with E-state index in [1.165, 1.54) is 6.07 Å². The van der Waals surface area contributed by atoms with Crippen molar-refractivity contribution in [2.45, 2.75) is 26.9 Å². The number of nitro benzene ring substituents is 1. The number of hydrogen-bond donors (Lipinski definition) is 0. The van der Waals surface area contributed by atoms with Gasteiger partial charge in [0.05, 0.1) is 16.6 Å². The van der Waals surface area contributed by atoms with E-state index in [0.717, 1.165) is 25.1 Å². The first-order valence-corrected chi connectivity index (χ1v) is 8.51. The zero-order chi connectivity index (χ0) is 18.1. The fourth-order valence-electron chi connectivity index (χ4n) is 2.46. The molecule has 5 heteroatoms. The fourth-order valence-corrected chi connectivity index (χ4v) is 2.46. The van der Waals surface area contributed by atoms with Crippen LogP contribution in [-0.4, -0.2) is 22.9 Å². The Morgan fingerprint density at radius 3 is 2.56 bits per heavy atom. The number of benzene rings is 2. The van der Waals surface area contributed by atoms with E-state index in [1.807, 2.05) is 36.5 Å². The molecule has 0 aliphatic rings. The Balaban J connectivity index is 2.14. The lowest BCUT2D eigenvalue weighted by Gasteiger charge is -2.16. The summed E-state index contributed by atoms with van der Waals surface area (Å²) in [6, 6.07) is 14.7. The highest BCUT2D eigenvalue weighted by Gasteiger charge is 2.13. The molecule has 5 nitrogen and oxygen atoms in total. The predicted octanol–water partition coefficient (Wildman–Crippen LogP) is 4.88. The van der Waals surface area contributed by atoms with Gasteiger partial charge in [0.25, 0.3) is 5.69 Å². The van der Waals surface area contributed by atoms with Crippen LogP contribution in [0.2, 0.25) is 0 Å². The summed E-state index contributed by atoms with van der Waals surface area (Å²) < 4.78 is 5.68. The Labute approximate surface area is 148 Å². The van der Waals surface area contributed by atoms with Crippen molar-refractivity contribution in [2.24, 2.45) is 0 Å². The van der Waals surface area contributed by atoms with Gasteiger partial charge in [-0.3, -0.25) is 10.1 Å². The van der Waals surface area contributed by atoms with E-state index in [0.29, 0.717) is 17.9 Å². The molecule has 0 radical (unpaired) electrons. The van der Waals surface area contributed by atoms with Crippen LogP contribution in [0.4, 0.5) is 5.69 Å². The van der Waals surface area contributed by atoms with Crippen LogP contribution in [-0.2, 0) is 6.61 Å². The Morgan fingerprint density at radius 2 is 1.92 bits per heavy atom. The van der Waals surface area contributed by atoms with Crippen LogP contribution in [0, 0.1) is 10.1 Å². The highest BCUT2D eigenvalue weighted by molar-refractivity contribution is 5.62. The Bertz CT molecular complexity index is 714. The third-order valence-electron chi connectivity index (χ3n) is 3.83. The summed E-state index contributed by atoms with van der Waals surface area (Å²) in [7, 11) is 0. The minimum Gasteiger partial charge on any atom is -0.489 e. The van der Waals surface area contributed by atoms with E-state index in [1.54, 1.807) is 18.2 Å². The average molecular weight is 340 g/mol. The molecule has 0 amide bonds.